The fourth-order valence-electron chi connectivity index (χ4n) is 7.79. The third-order valence-corrected chi connectivity index (χ3v) is 14.8. The van der Waals surface area contributed by atoms with Gasteiger partial charge in [-0.05, 0) is 54.2 Å². The van der Waals surface area contributed by atoms with E-state index in [1.807, 2.05) is 43.3 Å². The Morgan fingerprint density at radius 3 is 2.14 bits per heavy atom. The molecule has 0 bridgehead atoms. The van der Waals surface area contributed by atoms with Gasteiger partial charge in [0.1, 0.15) is 0 Å². The van der Waals surface area contributed by atoms with Gasteiger partial charge in [0.05, 0.1) is 22.4 Å². The summed E-state index contributed by atoms with van der Waals surface area (Å²) in [5.74, 6) is 9.54. The molecule has 0 fully saturated rings. The van der Waals surface area contributed by atoms with Crippen molar-refractivity contribution in [2.75, 3.05) is 0 Å². The molecule has 0 aliphatic rings. The third-order valence-electron chi connectivity index (χ3n) is 10.5. The molecular weight excluding hydrogens is 937 g/mol. The molecule has 4 heterocycles. The molecular formula is C50H54GeIrN4O-2. The zero-order valence-electron chi connectivity index (χ0n) is 35.2. The van der Waals surface area contributed by atoms with Crippen LogP contribution >= 0.6 is 0 Å². The van der Waals surface area contributed by atoms with Crippen LogP contribution in [0.5, 0.6) is 0 Å². The fraction of sp³-hybridized carbons (Fsp3) is 0.300. The number of nitrogens with zero attached hydrogens (tertiary/aromatic N) is 4. The van der Waals surface area contributed by atoms with Gasteiger partial charge in [0.15, 0.2) is 0 Å². The van der Waals surface area contributed by atoms with Gasteiger partial charge in [-0.1, -0.05) is 75.9 Å². The largest absolute Gasteiger partial charge is 0.486 e. The molecule has 4 aromatic carbocycles. The standard InChI is InChI=1S/C32H30N3O.C18H24GeN.Ir/c1-18(2)22-10-9-11-23(19(3)4)29(22)35-27-13-8-7-12-26(27)34-31(35)25-16-14-20(5)28-24-17-15-21(6)33-32(24)36-30(25)28;1-14(2)11-16-12-18(15-9-7-6-8-10-15)20-13-17(16)19(3,4)5;/h7-15,17-19H,1-6H3;6-9,12-14H,11H2,1-5H3;/q2*-1;. The van der Waals surface area contributed by atoms with Gasteiger partial charge in [0, 0.05) is 36.9 Å². The Morgan fingerprint density at radius 2 is 1.49 bits per heavy atom. The van der Waals surface area contributed by atoms with Crippen LogP contribution in [0.4, 0.5) is 0 Å². The quantitative estimate of drug-likeness (QED) is 0.112. The summed E-state index contributed by atoms with van der Waals surface area (Å²) in [6.45, 7) is 17.7. The predicted octanol–water partition coefficient (Wildman–Crippen LogP) is 12.9. The van der Waals surface area contributed by atoms with E-state index < -0.39 is 13.3 Å². The van der Waals surface area contributed by atoms with Crippen LogP contribution in [0.15, 0.2) is 102 Å². The number of imidazole rings is 1. The smallest absolute Gasteiger partial charge is 0.216 e. The Labute approximate surface area is 355 Å². The van der Waals surface area contributed by atoms with Crippen LogP contribution in [0.2, 0.25) is 17.3 Å². The minimum absolute atomic E-state index is 0. The summed E-state index contributed by atoms with van der Waals surface area (Å²) < 4.78 is 10.3. The van der Waals surface area contributed by atoms with Crippen LogP contribution < -0.4 is 4.40 Å². The predicted molar refractivity (Wildman–Crippen MR) is 238 cm³/mol. The molecule has 4 aromatic heterocycles. The number of aryl methyl sites for hydroxylation is 2. The number of furan rings is 1. The van der Waals surface area contributed by atoms with Crippen molar-refractivity contribution in [2.24, 2.45) is 5.92 Å². The van der Waals surface area contributed by atoms with Gasteiger partial charge >= 0.3 is 126 Å². The zero-order valence-corrected chi connectivity index (χ0v) is 39.7. The van der Waals surface area contributed by atoms with E-state index in [-0.39, 0.29) is 20.1 Å². The van der Waals surface area contributed by atoms with Crippen LogP contribution in [0.3, 0.4) is 0 Å². The first-order valence-corrected chi connectivity index (χ1v) is 27.4. The van der Waals surface area contributed by atoms with Crippen molar-refractivity contribution in [3.8, 4) is 28.3 Å². The van der Waals surface area contributed by atoms with Crippen LogP contribution in [-0.4, -0.2) is 32.8 Å². The summed E-state index contributed by atoms with van der Waals surface area (Å²) in [7, 11) is 0. The molecule has 8 rings (SSSR count). The van der Waals surface area contributed by atoms with Gasteiger partial charge in [-0.25, -0.2) is 4.98 Å². The number of benzene rings is 4. The molecule has 0 spiro atoms. The van der Waals surface area contributed by atoms with Gasteiger partial charge in [-0.2, -0.15) is 0 Å². The van der Waals surface area contributed by atoms with Gasteiger partial charge in [-0.3, -0.25) is 4.98 Å². The number of para-hydroxylation sites is 3. The second-order valence-electron chi connectivity index (χ2n) is 17.2. The Kier molecular flexibility index (Phi) is 12.8. The second-order valence-corrected chi connectivity index (χ2v) is 27.7. The first-order valence-electron chi connectivity index (χ1n) is 20.0. The topological polar surface area (TPSA) is 56.7 Å². The Bertz CT molecular complexity index is 2640. The molecule has 1 radical (unpaired) electrons. The third kappa shape index (κ3) is 8.60. The summed E-state index contributed by atoms with van der Waals surface area (Å²) in [6.07, 6.45) is 3.27. The van der Waals surface area contributed by atoms with E-state index in [0.717, 1.165) is 67.7 Å². The molecule has 295 valence electrons. The Hall–Kier alpha value is -4.36. The number of hydrogen-bond acceptors (Lipinski definition) is 4. The molecule has 0 N–H and O–H groups in total. The molecule has 7 heteroatoms. The number of aromatic nitrogens is 4. The van der Waals surface area contributed by atoms with Crippen LogP contribution in [0.25, 0.3) is 61.4 Å². The summed E-state index contributed by atoms with van der Waals surface area (Å²) in [6, 6.07) is 38.4. The summed E-state index contributed by atoms with van der Waals surface area (Å²) in [4.78, 5) is 14.6. The van der Waals surface area contributed by atoms with Crippen molar-refractivity contribution in [1.82, 2.24) is 19.5 Å². The maximum absolute atomic E-state index is 6.45. The van der Waals surface area contributed by atoms with Crippen molar-refractivity contribution in [1.29, 1.82) is 0 Å². The average molecular weight is 992 g/mol. The zero-order chi connectivity index (χ0) is 39.9. The fourth-order valence-corrected chi connectivity index (χ4v) is 11.1. The SMILES string of the molecule is CC(C)Cc1cc(-c2[c-]cccc2)nc[c]1[Ge]([CH3])([CH3])[CH3].Cc1ccc2c(n1)oc1c(-c3nc4ccccc4n3-c3c(C(C)C)cccc3C(C)C)[c-]cc(C)c12.[Ir]. The Morgan fingerprint density at radius 1 is 0.789 bits per heavy atom. The molecule has 0 atom stereocenters. The van der Waals surface area contributed by atoms with Crippen molar-refractivity contribution < 1.29 is 24.5 Å². The molecule has 0 unspecified atom stereocenters. The molecule has 5 nitrogen and oxygen atoms in total. The summed E-state index contributed by atoms with van der Waals surface area (Å²) >= 11 is -1.86. The van der Waals surface area contributed by atoms with Crippen LogP contribution in [-0.2, 0) is 26.5 Å². The number of hydrogen-bond donors (Lipinski definition) is 0. The first kappa shape index (κ1) is 42.3. The van der Waals surface area contributed by atoms with E-state index in [1.54, 1.807) is 4.40 Å². The number of pyridine rings is 2. The van der Waals surface area contributed by atoms with Crippen molar-refractivity contribution in [3.63, 3.8) is 0 Å². The van der Waals surface area contributed by atoms with E-state index in [0.29, 0.717) is 23.5 Å². The molecule has 0 saturated heterocycles. The first-order chi connectivity index (χ1) is 26.7. The van der Waals surface area contributed by atoms with Crippen molar-refractivity contribution >= 4 is 50.8 Å². The van der Waals surface area contributed by atoms with E-state index >= 15 is 0 Å². The van der Waals surface area contributed by atoms with E-state index in [2.05, 4.69) is 148 Å². The average Bonchev–Trinajstić information content (AvgIpc) is 3.73. The molecule has 0 aliphatic carbocycles. The van der Waals surface area contributed by atoms with Crippen LogP contribution in [0, 0.1) is 31.9 Å². The van der Waals surface area contributed by atoms with E-state index in [1.165, 1.54) is 22.4 Å². The molecule has 8 aromatic rings. The monoisotopic (exact) mass is 993 g/mol. The minimum atomic E-state index is -1.86. The maximum atomic E-state index is 6.45. The van der Waals surface area contributed by atoms with E-state index in [4.69, 9.17) is 14.4 Å². The van der Waals surface area contributed by atoms with Crippen molar-refractivity contribution in [3.05, 3.63) is 137 Å². The van der Waals surface area contributed by atoms with Crippen LogP contribution in [0.1, 0.15) is 81.3 Å². The molecule has 0 aliphatic heterocycles. The molecule has 0 amide bonds. The summed E-state index contributed by atoms with van der Waals surface area (Å²) in [5.41, 5.74) is 13.8. The Balaban J connectivity index is 0.000000223. The second kappa shape index (κ2) is 17.2. The number of rotatable bonds is 8. The van der Waals surface area contributed by atoms with Gasteiger partial charge < -0.3 is 8.98 Å². The van der Waals surface area contributed by atoms with Crippen molar-refractivity contribution in [2.45, 2.75) is 90.9 Å². The molecule has 0 saturated carbocycles. The van der Waals surface area contributed by atoms with Gasteiger partial charge in [0.2, 0.25) is 5.71 Å². The van der Waals surface area contributed by atoms with Gasteiger partial charge in [-0.15, -0.1) is 17.7 Å². The molecule has 57 heavy (non-hydrogen) atoms. The van der Waals surface area contributed by atoms with E-state index in [9.17, 15) is 0 Å². The normalized spacial score (nSPS) is 11.8. The number of fused-ring (bicyclic) bond motifs is 4. The maximum Gasteiger partial charge on any atom is 0.216 e. The minimum Gasteiger partial charge on any atom is -0.486 e. The van der Waals surface area contributed by atoms with Gasteiger partial charge in [0.25, 0.3) is 0 Å². The summed E-state index contributed by atoms with van der Waals surface area (Å²) in [5, 5.41) is 2.10.